The third-order valence-electron chi connectivity index (χ3n) is 5.45. The summed E-state index contributed by atoms with van der Waals surface area (Å²) in [7, 11) is 3.34. The van der Waals surface area contributed by atoms with E-state index in [0.29, 0.717) is 0 Å². The number of hydrogen-bond acceptors (Lipinski definition) is 2. The van der Waals surface area contributed by atoms with Gasteiger partial charge < -0.3 is 20.1 Å². The van der Waals surface area contributed by atoms with Crippen molar-refractivity contribution in [1.82, 2.24) is 0 Å². The van der Waals surface area contributed by atoms with E-state index in [4.69, 9.17) is 9.47 Å². The Labute approximate surface area is 154 Å². The van der Waals surface area contributed by atoms with Crippen LogP contribution >= 0.6 is 0 Å². The number of rotatable bonds is 6. The number of fused-ring (bicyclic) bond motifs is 1. The van der Waals surface area contributed by atoms with E-state index in [9.17, 15) is 4.39 Å². The van der Waals surface area contributed by atoms with Crippen LogP contribution < -0.4 is 20.1 Å². The molecule has 0 aromatic heterocycles. The Morgan fingerprint density at radius 1 is 1.19 bits per heavy atom. The summed E-state index contributed by atoms with van der Waals surface area (Å²) in [6, 6.07) is 11.7. The highest BCUT2D eigenvalue weighted by Gasteiger charge is 2.38. The lowest BCUT2D eigenvalue weighted by Crippen LogP contribution is -3.14. The lowest BCUT2D eigenvalue weighted by atomic mass is 9.86. The summed E-state index contributed by atoms with van der Waals surface area (Å²) in [6.45, 7) is 3.96. The van der Waals surface area contributed by atoms with Gasteiger partial charge >= 0.3 is 0 Å². The van der Waals surface area contributed by atoms with Gasteiger partial charge in [-0.3, -0.25) is 0 Å². The molecular weight excluding hydrogens is 331 g/mol. The van der Waals surface area contributed by atoms with E-state index in [1.807, 2.05) is 6.07 Å². The topological polar surface area (TPSA) is 50.5 Å². The van der Waals surface area contributed by atoms with Crippen LogP contribution in [0.15, 0.2) is 36.4 Å². The minimum Gasteiger partial charge on any atom is -0.493 e. The zero-order valence-electron chi connectivity index (χ0n) is 15.8. The van der Waals surface area contributed by atoms with E-state index >= 15 is 0 Å². The zero-order chi connectivity index (χ0) is 18.7. The quantitative estimate of drug-likeness (QED) is 0.821. The highest BCUT2D eigenvalue weighted by atomic mass is 19.1. The lowest BCUT2D eigenvalue weighted by molar-refractivity contribution is -0.957. The smallest absolute Gasteiger partial charge is 0.166 e. The largest absolute Gasteiger partial charge is 0.493 e. The van der Waals surface area contributed by atoms with Gasteiger partial charge in [0, 0.05) is 24.0 Å². The highest BCUT2D eigenvalue weighted by molar-refractivity contribution is 5.49. The van der Waals surface area contributed by atoms with Crippen molar-refractivity contribution >= 4 is 0 Å². The maximum Gasteiger partial charge on any atom is 0.166 e. The van der Waals surface area contributed by atoms with E-state index in [-0.39, 0.29) is 17.9 Å². The van der Waals surface area contributed by atoms with E-state index < -0.39 is 0 Å². The van der Waals surface area contributed by atoms with E-state index in [0.717, 1.165) is 43.0 Å². The molecule has 4 nitrogen and oxygen atoms in total. The Bertz CT molecular complexity index is 766. The van der Waals surface area contributed by atoms with Crippen LogP contribution in [0.25, 0.3) is 0 Å². The number of ether oxygens (including phenoxy) is 2. The molecule has 1 aliphatic rings. The molecule has 0 bridgehead atoms. The monoisotopic (exact) mass is 360 g/mol. The van der Waals surface area contributed by atoms with Gasteiger partial charge in [-0.1, -0.05) is 19.1 Å². The summed E-state index contributed by atoms with van der Waals surface area (Å²) in [5.74, 6) is 1.35. The van der Waals surface area contributed by atoms with Crippen LogP contribution in [0.4, 0.5) is 4.39 Å². The first-order valence-corrected chi connectivity index (χ1v) is 9.24. The fraction of sp³-hybridized carbons (Fsp3) is 0.429. The standard InChI is InChI=1S/C21H27FN2O2/c1-4-18(23)21-17-12-20(26-3)19(25-2)11-15(17)8-9-24(21)13-14-6-5-7-16(22)10-14/h5-7,10-12,18,21H,4,8-9,13,23H2,1-3H3/p+2/t18-,21-/m1/s1. The molecular formula is C21H29FN2O2+2. The molecule has 5 heteroatoms. The number of quaternary nitrogens is 2. The van der Waals surface area contributed by atoms with Gasteiger partial charge in [-0.05, 0) is 29.8 Å². The predicted octanol–water partition coefficient (Wildman–Crippen LogP) is 1.55. The molecule has 3 rings (SSSR count). The van der Waals surface area contributed by atoms with Gasteiger partial charge in [0.25, 0.3) is 0 Å². The van der Waals surface area contributed by atoms with Crippen LogP contribution in [-0.2, 0) is 13.0 Å². The molecule has 0 spiro atoms. The normalized spacial score (nSPS) is 20.3. The Hall–Kier alpha value is -2.11. The van der Waals surface area contributed by atoms with E-state index in [1.165, 1.54) is 22.1 Å². The van der Waals surface area contributed by atoms with E-state index in [2.05, 4.69) is 24.8 Å². The maximum absolute atomic E-state index is 13.6. The van der Waals surface area contributed by atoms with Crippen molar-refractivity contribution in [1.29, 1.82) is 0 Å². The molecule has 2 aromatic carbocycles. The molecule has 140 valence electrons. The van der Waals surface area contributed by atoms with Crippen molar-refractivity contribution in [2.24, 2.45) is 0 Å². The minimum atomic E-state index is -0.177. The molecule has 0 saturated carbocycles. The second-order valence-electron chi connectivity index (χ2n) is 7.02. The molecule has 0 radical (unpaired) electrons. The highest BCUT2D eigenvalue weighted by Crippen LogP contribution is 2.35. The molecule has 1 unspecified atom stereocenters. The minimum absolute atomic E-state index is 0.177. The second-order valence-corrected chi connectivity index (χ2v) is 7.02. The van der Waals surface area contributed by atoms with Gasteiger partial charge in [-0.25, -0.2) is 4.39 Å². The molecule has 1 heterocycles. The Morgan fingerprint density at radius 3 is 2.58 bits per heavy atom. The fourth-order valence-corrected chi connectivity index (χ4v) is 4.04. The molecule has 0 amide bonds. The molecule has 0 aliphatic carbocycles. The second kappa shape index (κ2) is 8.06. The number of benzene rings is 2. The third kappa shape index (κ3) is 3.69. The van der Waals surface area contributed by atoms with Crippen molar-refractivity contribution in [2.75, 3.05) is 20.8 Å². The molecule has 4 N–H and O–H groups in total. The fourth-order valence-electron chi connectivity index (χ4n) is 4.04. The van der Waals surface area contributed by atoms with Crippen LogP contribution in [0, 0.1) is 5.82 Å². The molecule has 1 aliphatic heterocycles. The van der Waals surface area contributed by atoms with Crippen molar-refractivity contribution in [2.45, 2.75) is 38.4 Å². The average molecular weight is 360 g/mol. The first-order chi connectivity index (χ1) is 12.6. The van der Waals surface area contributed by atoms with Crippen molar-refractivity contribution in [3.8, 4) is 11.5 Å². The van der Waals surface area contributed by atoms with E-state index in [1.54, 1.807) is 26.4 Å². The Balaban J connectivity index is 1.98. The summed E-state index contributed by atoms with van der Waals surface area (Å²) < 4.78 is 24.6. The Kier molecular flexibility index (Phi) is 5.79. The number of nitrogens with one attached hydrogen (secondary N) is 1. The van der Waals surface area contributed by atoms with Crippen LogP contribution in [0.3, 0.4) is 0 Å². The van der Waals surface area contributed by atoms with Crippen molar-refractivity contribution in [3.05, 3.63) is 58.9 Å². The summed E-state index contributed by atoms with van der Waals surface area (Å²) in [5.41, 5.74) is 8.03. The predicted molar refractivity (Wildman–Crippen MR) is 98.9 cm³/mol. The average Bonchev–Trinajstić information content (AvgIpc) is 2.66. The SMILES string of the molecule is CC[C@@H]([NH3+])[C@H]1c2cc(OC)c(OC)cc2CC[NH+]1Cc1cccc(F)c1. The number of hydrogen-bond donors (Lipinski definition) is 2. The van der Waals surface area contributed by atoms with Crippen LogP contribution in [0.2, 0.25) is 0 Å². The van der Waals surface area contributed by atoms with Gasteiger partial charge in [0.05, 0.1) is 20.8 Å². The van der Waals surface area contributed by atoms with Gasteiger partial charge in [0.1, 0.15) is 18.4 Å². The van der Waals surface area contributed by atoms with Crippen LogP contribution in [0.5, 0.6) is 11.5 Å². The lowest BCUT2D eigenvalue weighted by Gasteiger charge is -2.36. The first kappa shape index (κ1) is 18.7. The zero-order valence-corrected chi connectivity index (χ0v) is 15.8. The van der Waals surface area contributed by atoms with Gasteiger partial charge in [0.15, 0.2) is 17.5 Å². The van der Waals surface area contributed by atoms with Crippen molar-refractivity contribution in [3.63, 3.8) is 0 Å². The summed E-state index contributed by atoms with van der Waals surface area (Å²) in [6.07, 6.45) is 1.96. The molecule has 0 saturated heterocycles. The third-order valence-corrected chi connectivity index (χ3v) is 5.45. The summed E-state index contributed by atoms with van der Waals surface area (Å²) in [4.78, 5) is 1.43. The molecule has 2 aromatic rings. The maximum atomic E-state index is 13.6. The van der Waals surface area contributed by atoms with Crippen LogP contribution in [0.1, 0.15) is 36.1 Å². The summed E-state index contributed by atoms with van der Waals surface area (Å²) in [5, 5.41) is 0. The molecule has 0 fully saturated rings. The number of halogens is 1. The molecule has 3 atom stereocenters. The van der Waals surface area contributed by atoms with Crippen LogP contribution in [-0.4, -0.2) is 26.8 Å². The van der Waals surface area contributed by atoms with Crippen molar-refractivity contribution < 1.29 is 24.5 Å². The first-order valence-electron chi connectivity index (χ1n) is 9.24. The van der Waals surface area contributed by atoms with Gasteiger partial charge in [0.2, 0.25) is 0 Å². The van der Waals surface area contributed by atoms with Gasteiger partial charge in [-0.2, -0.15) is 0 Å². The summed E-state index contributed by atoms with van der Waals surface area (Å²) >= 11 is 0. The van der Waals surface area contributed by atoms with Gasteiger partial charge in [-0.15, -0.1) is 0 Å². The molecule has 26 heavy (non-hydrogen) atoms. The number of methoxy groups -OCH3 is 2. The Morgan fingerprint density at radius 2 is 1.92 bits per heavy atom.